The van der Waals surface area contributed by atoms with E-state index in [0.29, 0.717) is 5.75 Å². The Balaban J connectivity index is 1.59. The molecule has 1 N–H and O–H groups in total. The molecule has 11 heteroatoms. The second-order valence-electron chi connectivity index (χ2n) is 15.9. The third-order valence-electron chi connectivity index (χ3n) is 10.3. The first-order chi connectivity index (χ1) is 25.0. The zero-order chi connectivity index (χ0) is 38.7. The van der Waals surface area contributed by atoms with E-state index < -0.39 is 5.60 Å². The highest BCUT2D eigenvalue weighted by Gasteiger charge is 2.44. The summed E-state index contributed by atoms with van der Waals surface area (Å²) in [5.74, 6) is 0.645. The lowest BCUT2D eigenvalue weighted by atomic mass is 9.81. The maximum absolute atomic E-state index is 13.7. The van der Waals surface area contributed by atoms with Crippen LogP contribution in [0.5, 0.6) is 0 Å². The maximum Gasteiger partial charge on any atom is 0.414 e. The predicted molar refractivity (Wildman–Crippen MR) is 224 cm³/mol. The Labute approximate surface area is 337 Å². The number of halogens is 2. The number of hydrogen-bond donors (Lipinski definition) is 1. The number of amides is 1. The molecule has 0 saturated heterocycles. The van der Waals surface area contributed by atoms with Gasteiger partial charge in [-0.1, -0.05) is 88.4 Å². The summed E-state index contributed by atoms with van der Waals surface area (Å²) in [6.45, 7) is 18.8. The van der Waals surface area contributed by atoms with Gasteiger partial charge in [-0.25, -0.2) is 10.1 Å². The molecule has 2 aliphatic heterocycles. The van der Waals surface area contributed by atoms with Crippen LogP contribution >= 0.6 is 43.9 Å². The van der Waals surface area contributed by atoms with Crippen molar-refractivity contribution in [3.05, 3.63) is 103 Å². The predicted octanol–water partition coefficient (Wildman–Crippen LogP) is 11.9. The van der Waals surface area contributed by atoms with E-state index in [0.717, 1.165) is 88.7 Å². The third kappa shape index (κ3) is 9.08. The van der Waals surface area contributed by atoms with Crippen molar-refractivity contribution in [3.63, 3.8) is 0 Å². The van der Waals surface area contributed by atoms with Crippen LogP contribution in [0.3, 0.4) is 0 Å². The Morgan fingerprint density at radius 1 is 1.00 bits per heavy atom. The van der Waals surface area contributed by atoms with Gasteiger partial charge in [0.1, 0.15) is 12.1 Å². The van der Waals surface area contributed by atoms with Gasteiger partial charge in [0.15, 0.2) is 5.71 Å². The van der Waals surface area contributed by atoms with Gasteiger partial charge in [0, 0.05) is 81.3 Å². The van der Waals surface area contributed by atoms with Crippen molar-refractivity contribution >= 4 is 67.1 Å². The highest BCUT2D eigenvalue weighted by Crippen LogP contribution is 2.49. The van der Waals surface area contributed by atoms with E-state index in [1.165, 1.54) is 28.2 Å². The summed E-state index contributed by atoms with van der Waals surface area (Å²) in [6.07, 6.45) is 13.2. The quantitative estimate of drug-likeness (QED) is 0.0706. The van der Waals surface area contributed by atoms with Gasteiger partial charge in [0.25, 0.3) is 0 Å². The van der Waals surface area contributed by atoms with Crippen LogP contribution in [-0.2, 0) is 24.9 Å². The second-order valence-corrected chi connectivity index (χ2v) is 18.5. The van der Waals surface area contributed by atoms with Crippen LogP contribution < -0.4 is 4.90 Å². The molecule has 3 aliphatic rings. The minimum atomic E-state index is -0.628. The maximum atomic E-state index is 13.7. The van der Waals surface area contributed by atoms with Gasteiger partial charge in [0.2, 0.25) is 5.69 Å². The fourth-order valence-electron chi connectivity index (χ4n) is 7.70. The van der Waals surface area contributed by atoms with Crippen molar-refractivity contribution in [2.45, 2.75) is 104 Å². The van der Waals surface area contributed by atoms with E-state index in [2.05, 4.69) is 146 Å². The normalized spacial score (nSPS) is 19.3. The fourth-order valence-corrected chi connectivity index (χ4v) is 8.76. The zero-order valence-corrected chi connectivity index (χ0v) is 36.5. The van der Waals surface area contributed by atoms with E-state index >= 15 is 0 Å². The largest absolute Gasteiger partial charge is 0.443 e. The molecule has 0 fully saturated rings. The van der Waals surface area contributed by atoms with Crippen molar-refractivity contribution in [2.75, 3.05) is 30.8 Å². The molecule has 0 unspecified atom stereocenters. The van der Waals surface area contributed by atoms with Crippen molar-refractivity contribution in [1.29, 1.82) is 0 Å². The number of unbranched alkanes of at least 4 members (excludes halogenated alkanes) is 1. The molecule has 0 saturated carbocycles. The first kappa shape index (κ1) is 41.5. The van der Waals surface area contributed by atoms with E-state index in [-0.39, 0.29) is 16.9 Å². The van der Waals surface area contributed by atoms with Gasteiger partial charge in [-0.05, 0) is 94.9 Å². The Kier molecular flexibility index (Phi) is 13.3. The van der Waals surface area contributed by atoms with Gasteiger partial charge in [-0.2, -0.15) is 4.58 Å². The second kappa shape index (κ2) is 17.0. The SMILES string of the molecule is CCCCN1/C(=C/C=C2\CCC(/C=C/C3=[N+](CCCSOOO)c4cc(Br)ccc4C3(C)C)=C2N(C)C(=O)OC(C)(C)C)C(C)(C)c2ccc(Br)cc21. The first-order valence-corrected chi connectivity index (χ1v) is 20.9. The van der Waals surface area contributed by atoms with E-state index in [1.807, 2.05) is 27.8 Å². The van der Waals surface area contributed by atoms with E-state index in [1.54, 1.807) is 4.90 Å². The van der Waals surface area contributed by atoms with Crippen LogP contribution in [0.2, 0.25) is 0 Å². The fraction of sp³-hybridized carbons (Fsp3) is 0.476. The number of anilines is 1. The van der Waals surface area contributed by atoms with Crippen molar-refractivity contribution in [1.82, 2.24) is 4.90 Å². The molecule has 2 heterocycles. The lowest BCUT2D eigenvalue weighted by molar-refractivity contribution is -0.438. The molecule has 1 amide bonds. The topological polar surface area (TPSA) is 74.5 Å². The number of fused-ring (bicyclic) bond motifs is 2. The van der Waals surface area contributed by atoms with Gasteiger partial charge in [-0.15, -0.1) is 4.33 Å². The zero-order valence-electron chi connectivity index (χ0n) is 32.5. The average molecular weight is 873 g/mol. The number of benzene rings is 2. The van der Waals surface area contributed by atoms with Gasteiger partial charge >= 0.3 is 6.09 Å². The van der Waals surface area contributed by atoms with Crippen LogP contribution in [0.15, 0.2) is 92.2 Å². The molecule has 2 aromatic carbocycles. The van der Waals surface area contributed by atoms with Crippen LogP contribution in [0, 0.1) is 0 Å². The van der Waals surface area contributed by atoms with Crippen LogP contribution in [0.4, 0.5) is 16.2 Å². The lowest BCUT2D eigenvalue weighted by Gasteiger charge is -2.28. The molecule has 0 atom stereocenters. The van der Waals surface area contributed by atoms with E-state index in [9.17, 15) is 4.79 Å². The number of rotatable bonds is 13. The minimum Gasteiger partial charge on any atom is -0.443 e. The Morgan fingerprint density at radius 2 is 1.70 bits per heavy atom. The molecule has 0 bridgehead atoms. The summed E-state index contributed by atoms with van der Waals surface area (Å²) < 4.78 is 15.0. The number of allylic oxidation sites excluding steroid dienone is 7. The molecule has 0 radical (unpaired) electrons. The van der Waals surface area contributed by atoms with Gasteiger partial charge < -0.3 is 9.64 Å². The van der Waals surface area contributed by atoms with Crippen molar-refractivity contribution in [3.8, 4) is 0 Å². The standard InChI is InChI=1S/C42H53Br2N3O5S/c1-10-11-23-46-34-26-30(43)17-19-32(34)41(5,6)36(46)21-15-28-13-14-29(38(28)45(9)39(48)50-40(2,3)4)16-22-37-42(7,8)33-20-18-31(44)27-35(33)47(37)24-12-25-53-52-51-49/h15-22,26-27H,10-14,23-25H2,1-9H3/p+1. The number of hydrogen-bond acceptors (Lipinski definition) is 7. The summed E-state index contributed by atoms with van der Waals surface area (Å²) in [5, 5.41) is 12.4. The first-order valence-electron chi connectivity index (χ1n) is 18.4. The Morgan fingerprint density at radius 3 is 2.38 bits per heavy atom. The molecule has 0 spiro atoms. The van der Waals surface area contributed by atoms with E-state index in [4.69, 9.17) is 9.99 Å². The number of carbonyl (C=O) groups is 1. The summed E-state index contributed by atoms with van der Waals surface area (Å²) in [6, 6.07) is 13.1. The lowest BCUT2D eigenvalue weighted by Crippen LogP contribution is -2.34. The molecule has 1 aliphatic carbocycles. The molecule has 8 nitrogen and oxygen atoms in total. The van der Waals surface area contributed by atoms with Crippen LogP contribution in [0.1, 0.15) is 98.6 Å². The Hall–Kier alpha value is -2.67. The number of ether oxygens (including phenoxy) is 1. The average Bonchev–Trinajstić information content (AvgIpc) is 3.64. The number of nitrogens with zero attached hydrogens (tertiary/aromatic N) is 3. The molecule has 0 aromatic heterocycles. The van der Waals surface area contributed by atoms with Crippen LogP contribution in [0.25, 0.3) is 0 Å². The highest BCUT2D eigenvalue weighted by atomic mass is 79.9. The summed E-state index contributed by atoms with van der Waals surface area (Å²) in [4.78, 5) is 17.8. The minimum absolute atomic E-state index is 0.184. The van der Waals surface area contributed by atoms with Gasteiger partial charge in [0.05, 0.1) is 11.1 Å². The van der Waals surface area contributed by atoms with Crippen molar-refractivity contribution < 1.29 is 28.7 Å². The number of carbonyl (C=O) groups excluding carboxylic acids is 1. The Bertz CT molecular complexity index is 1870. The smallest absolute Gasteiger partial charge is 0.414 e. The van der Waals surface area contributed by atoms with Gasteiger partial charge in [-0.3, -0.25) is 4.90 Å². The molecule has 5 rings (SSSR count). The summed E-state index contributed by atoms with van der Waals surface area (Å²) in [7, 11) is 1.83. The monoisotopic (exact) mass is 870 g/mol. The summed E-state index contributed by atoms with van der Waals surface area (Å²) in [5.41, 5.74) is 9.43. The molecular weight excluding hydrogens is 818 g/mol. The molecular formula is C42H54Br2N3O5S+. The van der Waals surface area contributed by atoms with Crippen molar-refractivity contribution in [2.24, 2.45) is 0 Å². The highest BCUT2D eigenvalue weighted by molar-refractivity contribution is 9.10. The van der Waals surface area contributed by atoms with Crippen LogP contribution in [-0.4, -0.2) is 58.0 Å². The number of likely N-dealkylation sites (N-methyl/N-ethyl adjacent to an activating group) is 1. The molecule has 53 heavy (non-hydrogen) atoms. The molecule has 2 aromatic rings. The third-order valence-corrected chi connectivity index (χ3v) is 11.9. The summed E-state index contributed by atoms with van der Waals surface area (Å²) >= 11 is 8.47. The molecule has 286 valence electrons.